The van der Waals surface area contributed by atoms with Gasteiger partial charge < -0.3 is 24.4 Å². The van der Waals surface area contributed by atoms with Crippen LogP contribution in [0.3, 0.4) is 0 Å². The summed E-state index contributed by atoms with van der Waals surface area (Å²) in [6.45, 7) is 3.32. The fourth-order valence-corrected chi connectivity index (χ4v) is 4.43. The minimum absolute atomic E-state index is 0.0873. The number of likely N-dealkylation sites (tertiary alicyclic amines) is 1. The molecular formula is C26H30N2O5. The monoisotopic (exact) mass is 450 g/mol. The van der Waals surface area contributed by atoms with E-state index in [9.17, 15) is 14.7 Å². The van der Waals surface area contributed by atoms with Gasteiger partial charge >= 0.3 is 0 Å². The van der Waals surface area contributed by atoms with Crippen LogP contribution in [0.1, 0.15) is 36.9 Å². The van der Waals surface area contributed by atoms with Crippen LogP contribution in [-0.2, 0) is 14.3 Å². The second-order valence-corrected chi connectivity index (χ2v) is 8.53. The first kappa shape index (κ1) is 22.9. The largest absolute Gasteiger partial charge is 0.507 e. The third kappa shape index (κ3) is 4.59. The van der Waals surface area contributed by atoms with Crippen molar-refractivity contribution in [1.29, 1.82) is 0 Å². The van der Waals surface area contributed by atoms with Gasteiger partial charge in [0, 0.05) is 38.5 Å². The molecule has 0 radical (unpaired) electrons. The second-order valence-electron chi connectivity index (χ2n) is 8.53. The molecule has 0 bridgehead atoms. The van der Waals surface area contributed by atoms with Gasteiger partial charge in [-0.05, 0) is 49.6 Å². The molecule has 7 heteroatoms. The van der Waals surface area contributed by atoms with E-state index in [0.717, 1.165) is 24.1 Å². The number of carbonyl (C=O) groups is 2. The lowest BCUT2D eigenvalue weighted by atomic mass is 9.95. The van der Waals surface area contributed by atoms with Crippen LogP contribution in [-0.4, -0.2) is 61.7 Å². The van der Waals surface area contributed by atoms with Crippen LogP contribution >= 0.6 is 0 Å². The van der Waals surface area contributed by atoms with Crippen molar-refractivity contribution in [1.82, 2.24) is 4.90 Å². The highest BCUT2D eigenvalue weighted by atomic mass is 16.5. The molecule has 2 aliphatic heterocycles. The molecule has 2 unspecified atom stereocenters. The number of hydrogen-bond acceptors (Lipinski definition) is 6. The van der Waals surface area contributed by atoms with Crippen LogP contribution < -0.4 is 9.64 Å². The normalized spacial score (nSPS) is 22.1. The van der Waals surface area contributed by atoms with Gasteiger partial charge in [0.1, 0.15) is 11.5 Å². The molecule has 0 aliphatic carbocycles. The average Bonchev–Trinajstić information content (AvgIpc) is 3.41. The fraction of sp³-hybridized carbons (Fsp3) is 0.385. The molecule has 4 rings (SSSR count). The Morgan fingerprint density at radius 1 is 1.18 bits per heavy atom. The fourth-order valence-electron chi connectivity index (χ4n) is 4.43. The Labute approximate surface area is 194 Å². The molecule has 0 spiro atoms. The SMILES string of the molecule is CCOc1cccc(/C(O)=C2/C(=O)C(=O)N(CC3CCCO3)C2c2ccc(N(C)C)cc2)c1. The number of hydrogen-bond donors (Lipinski definition) is 1. The van der Waals surface area contributed by atoms with Crippen molar-refractivity contribution >= 4 is 23.1 Å². The average molecular weight is 451 g/mol. The maximum Gasteiger partial charge on any atom is 0.295 e. The van der Waals surface area contributed by atoms with Gasteiger partial charge in [0.15, 0.2) is 0 Å². The minimum Gasteiger partial charge on any atom is -0.507 e. The van der Waals surface area contributed by atoms with Gasteiger partial charge in [-0.15, -0.1) is 0 Å². The Bertz CT molecular complexity index is 1050. The van der Waals surface area contributed by atoms with Crippen molar-refractivity contribution in [2.24, 2.45) is 0 Å². The summed E-state index contributed by atoms with van der Waals surface area (Å²) in [5.41, 5.74) is 2.29. The van der Waals surface area contributed by atoms with E-state index in [1.165, 1.54) is 0 Å². The summed E-state index contributed by atoms with van der Waals surface area (Å²) in [6.07, 6.45) is 1.65. The number of carbonyl (C=O) groups excluding carboxylic acids is 2. The molecule has 2 heterocycles. The highest BCUT2D eigenvalue weighted by molar-refractivity contribution is 6.46. The number of nitrogens with zero attached hydrogens (tertiary/aromatic N) is 2. The first-order valence-electron chi connectivity index (χ1n) is 11.3. The third-order valence-electron chi connectivity index (χ3n) is 6.11. The summed E-state index contributed by atoms with van der Waals surface area (Å²) in [5.74, 6) is -0.919. The van der Waals surface area contributed by atoms with Gasteiger partial charge in [-0.1, -0.05) is 24.3 Å². The summed E-state index contributed by atoms with van der Waals surface area (Å²) in [7, 11) is 3.90. The van der Waals surface area contributed by atoms with Crippen LogP contribution in [0.5, 0.6) is 5.75 Å². The Kier molecular flexibility index (Phi) is 6.70. The molecule has 1 amide bonds. The van der Waals surface area contributed by atoms with Crippen LogP contribution in [0.2, 0.25) is 0 Å². The molecule has 1 N–H and O–H groups in total. The van der Waals surface area contributed by atoms with Gasteiger partial charge in [-0.3, -0.25) is 9.59 Å². The van der Waals surface area contributed by atoms with Gasteiger partial charge in [-0.2, -0.15) is 0 Å². The Morgan fingerprint density at radius 2 is 1.94 bits per heavy atom. The smallest absolute Gasteiger partial charge is 0.295 e. The summed E-state index contributed by atoms with van der Waals surface area (Å²) >= 11 is 0. The molecule has 2 fully saturated rings. The van der Waals surface area contributed by atoms with Crippen LogP contribution in [0.4, 0.5) is 5.69 Å². The molecule has 2 aromatic rings. The first-order chi connectivity index (χ1) is 15.9. The van der Waals surface area contributed by atoms with Crippen molar-refractivity contribution < 1.29 is 24.2 Å². The van der Waals surface area contributed by atoms with Crippen molar-refractivity contribution in [3.63, 3.8) is 0 Å². The predicted octanol–water partition coefficient (Wildman–Crippen LogP) is 3.75. The van der Waals surface area contributed by atoms with Crippen molar-refractivity contribution in [3.05, 3.63) is 65.2 Å². The minimum atomic E-state index is -0.693. The molecule has 174 valence electrons. The molecule has 33 heavy (non-hydrogen) atoms. The summed E-state index contributed by atoms with van der Waals surface area (Å²) < 4.78 is 11.3. The van der Waals surface area contributed by atoms with Gasteiger partial charge in [-0.25, -0.2) is 0 Å². The number of benzene rings is 2. The zero-order chi connectivity index (χ0) is 23.5. The van der Waals surface area contributed by atoms with E-state index in [4.69, 9.17) is 9.47 Å². The molecule has 2 atom stereocenters. The lowest BCUT2D eigenvalue weighted by Gasteiger charge is -2.28. The Balaban J connectivity index is 1.80. The molecule has 0 aromatic heterocycles. The standard InChI is InChI=1S/C26H30N2O5/c1-4-32-20-8-5-7-18(15-20)24(29)22-23(17-10-12-19(13-11-17)27(2)3)28(26(31)25(22)30)16-21-9-6-14-33-21/h5,7-8,10-13,15,21,23,29H,4,6,9,14,16H2,1-3H3/b24-22-. The van der Waals surface area contributed by atoms with E-state index < -0.39 is 17.7 Å². The van der Waals surface area contributed by atoms with Crippen molar-refractivity contribution in [2.45, 2.75) is 31.9 Å². The summed E-state index contributed by atoms with van der Waals surface area (Å²) in [5, 5.41) is 11.2. The number of rotatable bonds is 7. The molecule has 2 aliphatic rings. The molecule has 2 saturated heterocycles. The van der Waals surface area contributed by atoms with Crippen LogP contribution in [0.25, 0.3) is 5.76 Å². The second kappa shape index (κ2) is 9.67. The topological polar surface area (TPSA) is 79.3 Å². The molecule has 7 nitrogen and oxygen atoms in total. The number of anilines is 1. The van der Waals surface area contributed by atoms with Crippen LogP contribution in [0, 0.1) is 0 Å². The zero-order valence-corrected chi connectivity index (χ0v) is 19.3. The zero-order valence-electron chi connectivity index (χ0n) is 19.3. The molecule has 0 saturated carbocycles. The van der Waals surface area contributed by atoms with Crippen molar-refractivity contribution in [2.75, 3.05) is 38.8 Å². The maximum atomic E-state index is 13.2. The first-order valence-corrected chi connectivity index (χ1v) is 11.3. The van der Waals surface area contributed by atoms with E-state index in [2.05, 4.69) is 0 Å². The van der Waals surface area contributed by atoms with Gasteiger partial charge in [0.2, 0.25) is 0 Å². The van der Waals surface area contributed by atoms with E-state index >= 15 is 0 Å². The lowest BCUT2D eigenvalue weighted by Crippen LogP contribution is -2.36. The maximum absolute atomic E-state index is 13.2. The van der Waals surface area contributed by atoms with E-state index in [1.54, 1.807) is 29.2 Å². The number of amides is 1. The van der Waals surface area contributed by atoms with Gasteiger partial charge in [0.05, 0.1) is 24.3 Å². The Hall–Kier alpha value is -3.32. The number of aliphatic hydroxyl groups is 1. The lowest BCUT2D eigenvalue weighted by molar-refractivity contribution is -0.140. The van der Waals surface area contributed by atoms with Gasteiger partial charge in [0.25, 0.3) is 11.7 Å². The third-order valence-corrected chi connectivity index (χ3v) is 6.11. The predicted molar refractivity (Wildman–Crippen MR) is 126 cm³/mol. The molecule has 2 aromatic carbocycles. The van der Waals surface area contributed by atoms with E-state index in [1.807, 2.05) is 50.2 Å². The molecular weight excluding hydrogens is 420 g/mol. The quantitative estimate of drug-likeness (QED) is 0.393. The summed E-state index contributed by atoms with van der Waals surface area (Å²) in [6, 6.07) is 13.9. The highest BCUT2D eigenvalue weighted by Gasteiger charge is 2.47. The van der Waals surface area contributed by atoms with Crippen LogP contribution in [0.15, 0.2) is 54.1 Å². The number of ether oxygens (including phenoxy) is 2. The van der Waals surface area contributed by atoms with E-state index in [-0.39, 0.29) is 17.4 Å². The van der Waals surface area contributed by atoms with E-state index in [0.29, 0.717) is 31.1 Å². The van der Waals surface area contributed by atoms with Crippen molar-refractivity contribution in [3.8, 4) is 5.75 Å². The highest BCUT2D eigenvalue weighted by Crippen LogP contribution is 2.40. The number of Topliss-reactive ketones (excluding diaryl/α,β-unsaturated/α-hetero) is 1. The Morgan fingerprint density at radius 3 is 2.58 bits per heavy atom. The number of ketones is 1. The summed E-state index contributed by atoms with van der Waals surface area (Å²) in [4.78, 5) is 29.8. The number of aliphatic hydroxyl groups excluding tert-OH is 1.